The van der Waals surface area contributed by atoms with E-state index in [9.17, 15) is 18.5 Å². The molecule has 0 unspecified atom stereocenters. The summed E-state index contributed by atoms with van der Waals surface area (Å²) in [5, 5.41) is 12.2. The molecule has 9 heteroatoms. The lowest BCUT2D eigenvalue weighted by molar-refractivity contribution is -0.120. The fraction of sp³-hybridized carbons (Fsp3) is 0.346. The number of nitrogens with one attached hydrogen (secondary N) is 1. The van der Waals surface area contributed by atoms with E-state index < -0.39 is 10.0 Å². The smallest absolute Gasteiger partial charge is 0.244 e. The molecule has 8 nitrogen and oxygen atoms in total. The number of amides is 1. The van der Waals surface area contributed by atoms with Crippen molar-refractivity contribution in [1.29, 1.82) is 5.26 Å². The topological polar surface area (TPSA) is 108 Å². The number of aryl methyl sites for hydroxylation is 2. The van der Waals surface area contributed by atoms with Crippen LogP contribution in [0.3, 0.4) is 0 Å². The maximum Gasteiger partial charge on any atom is 0.244 e. The Labute approximate surface area is 205 Å². The van der Waals surface area contributed by atoms with E-state index in [0.29, 0.717) is 18.5 Å². The number of carbonyl (C=O) groups is 1. The van der Waals surface area contributed by atoms with Crippen molar-refractivity contribution in [3.63, 3.8) is 0 Å². The molecule has 1 fully saturated rings. The Balaban J connectivity index is 1.19. The fourth-order valence-corrected chi connectivity index (χ4v) is 6.41. The fourth-order valence-electron chi connectivity index (χ4n) is 4.80. The molecule has 0 atom stereocenters. The molecule has 0 aliphatic carbocycles. The number of hydrogen-bond donors (Lipinski definition) is 1. The van der Waals surface area contributed by atoms with Crippen molar-refractivity contribution in [2.75, 3.05) is 18.4 Å². The van der Waals surface area contributed by atoms with E-state index in [0.717, 1.165) is 30.0 Å². The minimum atomic E-state index is -3.77. The van der Waals surface area contributed by atoms with Crippen molar-refractivity contribution in [3.05, 3.63) is 66.1 Å². The standard InChI is InChI=1S/C26H27N5O3S/c27-17-21-5-1-2-6-24(21)35(33,34)31-15-12-20(13-16-31)26(32)28-22-10-8-19(9-11-22)23-18-30-14-4-3-7-25(30)29-23/h1-2,5-6,8-11,18,20H,3-4,7,12-16H2,(H,28,32). The SMILES string of the molecule is N#Cc1ccccc1S(=O)(=O)N1CCC(C(=O)Nc2ccc(-c3cn4c(n3)CCCC4)cc2)CC1. The molecule has 5 rings (SSSR count). The Kier molecular flexibility index (Phi) is 6.41. The summed E-state index contributed by atoms with van der Waals surface area (Å²) in [6, 6.07) is 15.8. The summed E-state index contributed by atoms with van der Waals surface area (Å²) in [4.78, 5) is 17.6. The number of carbonyl (C=O) groups excluding carboxylic acids is 1. The van der Waals surface area contributed by atoms with Crippen LogP contribution in [0.4, 0.5) is 5.69 Å². The van der Waals surface area contributed by atoms with Gasteiger partial charge in [0, 0.05) is 49.4 Å². The molecule has 2 aromatic carbocycles. The summed E-state index contributed by atoms with van der Waals surface area (Å²) >= 11 is 0. The first-order valence-electron chi connectivity index (χ1n) is 11.9. The third kappa shape index (κ3) is 4.72. The third-order valence-electron chi connectivity index (χ3n) is 6.81. The zero-order chi connectivity index (χ0) is 24.4. The second-order valence-electron chi connectivity index (χ2n) is 9.05. The number of hydrogen-bond acceptors (Lipinski definition) is 5. The van der Waals surface area contributed by atoms with Gasteiger partial charge in [-0.15, -0.1) is 0 Å². The van der Waals surface area contributed by atoms with Gasteiger partial charge in [0.2, 0.25) is 15.9 Å². The number of nitrogens with zero attached hydrogens (tertiary/aromatic N) is 4. The molecule has 3 heterocycles. The van der Waals surface area contributed by atoms with Gasteiger partial charge < -0.3 is 9.88 Å². The van der Waals surface area contributed by atoms with E-state index >= 15 is 0 Å². The summed E-state index contributed by atoms with van der Waals surface area (Å²) < 4.78 is 29.6. The molecule has 1 aromatic heterocycles. The summed E-state index contributed by atoms with van der Waals surface area (Å²) in [6.45, 7) is 1.50. The van der Waals surface area contributed by atoms with Crippen molar-refractivity contribution in [2.45, 2.75) is 43.5 Å². The molecular formula is C26H27N5O3S. The van der Waals surface area contributed by atoms with Crippen LogP contribution in [0.1, 0.15) is 37.1 Å². The predicted octanol–water partition coefficient (Wildman–Crippen LogP) is 3.80. The van der Waals surface area contributed by atoms with Crippen molar-refractivity contribution >= 4 is 21.6 Å². The zero-order valence-electron chi connectivity index (χ0n) is 19.4. The number of benzene rings is 2. The zero-order valence-corrected chi connectivity index (χ0v) is 20.2. The first-order chi connectivity index (χ1) is 17.0. The number of imidazole rings is 1. The van der Waals surface area contributed by atoms with Gasteiger partial charge in [0.15, 0.2) is 0 Å². The average molecular weight is 490 g/mol. The minimum Gasteiger partial charge on any atom is -0.334 e. The lowest BCUT2D eigenvalue weighted by atomic mass is 9.97. The van der Waals surface area contributed by atoms with E-state index in [1.165, 1.54) is 29.3 Å². The first-order valence-corrected chi connectivity index (χ1v) is 13.4. The number of fused-ring (bicyclic) bond motifs is 1. The highest BCUT2D eigenvalue weighted by Crippen LogP contribution is 2.27. The van der Waals surface area contributed by atoms with Gasteiger partial charge in [0.05, 0.1) is 16.2 Å². The van der Waals surface area contributed by atoms with Gasteiger partial charge in [-0.05, 0) is 49.9 Å². The second-order valence-corrected chi connectivity index (χ2v) is 11.0. The van der Waals surface area contributed by atoms with Gasteiger partial charge in [-0.2, -0.15) is 9.57 Å². The highest BCUT2D eigenvalue weighted by atomic mass is 32.2. The lowest BCUT2D eigenvalue weighted by Gasteiger charge is -2.30. The summed E-state index contributed by atoms with van der Waals surface area (Å²) in [5.41, 5.74) is 2.81. The Morgan fingerprint density at radius 1 is 1.03 bits per heavy atom. The number of anilines is 1. The molecule has 0 bridgehead atoms. The van der Waals surface area contributed by atoms with Crippen LogP contribution in [0.5, 0.6) is 0 Å². The summed E-state index contributed by atoms with van der Waals surface area (Å²) in [5.74, 6) is 0.755. The predicted molar refractivity (Wildman–Crippen MR) is 132 cm³/mol. The Morgan fingerprint density at radius 3 is 2.49 bits per heavy atom. The molecular weight excluding hydrogens is 462 g/mol. The highest BCUT2D eigenvalue weighted by molar-refractivity contribution is 7.89. The molecule has 0 radical (unpaired) electrons. The minimum absolute atomic E-state index is 0.0176. The van der Waals surface area contributed by atoms with Crippen LogP contribution < -0.4 is 5.32 Å². The van der Waals surface area contributed by atoms with Crippen molar-refractivity contribution in [2.24, 2.45) is 5.92 Å². The number of piperidine rings is 1. The quantitative estimate of drug-likeness (QED) is 0.587. The molecule has 35 heavy (non-hydrogen) atoms. The normalized spacial score (nSPS) is 16.9. The van der Waals surface area contributed by atoms with Crippen LogP contribution in [0.2, 0.25) is 0 Å². The molecule has 2 aliphatic heterocycles. The summed E-state index contributed by atoms with van der Waals surface area (Å²) in [7, 11) is -3.77. The largest absolute Gasteiger partial charge is 0.334 e. The molecule has 0 spiro atoms. The number of rotatable bonds is 5. The van der Waals surface area contributed by atoms with E-state index in [1.54, 1.807) is 12.1 Å². The highest BCUT2D eigenvalue weighted by Gasteiger charge is 2.33. The average Bonchev–Trinajstić information content (AvgIpc) is 3.33. The van der Waals surface area contributed by atoms with Crippen molar-refractivity contribution < 1.29 is 13.2 Å². The van der Waals surface area contributed by atoms with Crippen LogP contribution in [0.15, 0.2) is 59.6 Å². The molecule has 2 aliphatic rings. The van der Waals surface area contributed by atoms with E-state index in [2.05, 4.69) is 16.1 Å². The molecule has 3 aromatic rings. The van der Waals surface area contributed by atoms with Crippen molar-refractivity contribution in [3.8, 4) is 17.3 Å². The lowest BCUT2D eigenvalue weighted by Crippen LogP contribution is -2.41. The van der Waals surface area contributed by atoms with Crippen LogP contribution >= 0.6 is 0 Å². The van der Waals surface area contributed by atoms with E-state index in [-0.39, 0.29) is 35.4 Å². The third-order valence-corrected chi connectivity index (χ3v) is 8.76. The van der Waals surface area contributed by atoms with Crippen LogP contribution in [0, 0.1) is 17.2 Å². The Hall–Kier alpha value is -3.48. The van der Waals surface area contributed by atoms with Gasteiger partial charge in [-0.3, -0.25) is 4.79 Å². The van der Waals surface area contributed by atoms with Crippen LogP contribution in [0.25, 0.3) is 11.3 Å². The van der Waals surface area contributed by atoms with E-state index in [4.69, 9.17) is 4.98 Å². The number of nitriles is 1. The van der Waals surface area contributed by atoms with Crippen LogP contribution in [-0.2, 0) is 27.8 Å². The second kappa shape index (κ2) is 9.64. The Bertz CT molecular complexity index is 1360. The maximum atomic E-state index is 13.0. The monoisotopic (exact) mass is 489 g/mol. The first kappa shape index (κ1) is 23.3. The molecule has 1 N–H and O–H groups in total. The molecule has 1 saturated heterocycles. The van der Waals surface area contributed by atoms with Gasteiger partial charge >= 0.3 is 0 Å². The number of sulfonamides is 1. The van der Waals surface area contributed by atoms with E-state index in [1.807, 2.05) is 30.3 Å². The molecule has 180 valence electrons. The summed E-state index contributed by atoms with van der Waals surface area (Å²) in [6.07, 6.45) is 6.33. The maximum absolute atomic E-state index is 13.0. The van der Waals surface area contributed by atoms with Crippen LogP contribution in [-0.4, -0.2) is 41.3 Å². The van der Waals surface area contributed by atoms with Gasteiger partial charge in [0.25, 0.3) is 0 Å². The van der Waals surface area contributed by atoms with Crippen molar-refractivity contribution in [1.82, 2.24) is 13.9 Å². The Morgan fingerprint density at radius 2 is 1.77 bits per heavy atom. The molecule has 0 saturated carbocycles. The van der Waals surface area contributed by atoms with Gasteiger partial charge in [0.1, 0.15) is 11.9 Å². The molecule has 1 amide bonds. The van der Waals surface area contributed by atoms with Gasteiger partial charge in [-0.1, -0.05) is 24.3 Å². The van der Waals surface area contributed by atoms with Gasteiger partial charge in [-0.25, -0.2) is 13.4 Å². The number of aromatic nitrogens is 2.